The Morgan fingerprint density at radius 1 is 1.11 bits per heavy atom. The molecule has 1 heterocycles. The molecule has 0 aromatic heterocycles. The quantitative estimate of drug-likeness (QED) is 0.764. The van der Waals surface area contributed by atoms with Crippen molar-refractivity contribution >= 4 is 18.0 Å². The molecule has 0 aromatic rings. The summed E-state index contributed by atoms with van der Waals surface area (Å²) >= 11 is 0. The van der Waals surface area contributed by atoms with Crippen LogP contribution in [0.2, 0.25) is 0 Å². The van der Waals surface area contributed by atoms with Crippen LogP contribution in [0.1, 0.15) is 67.2 Å². The molecule has 3 rings (SSSR count). The summed E-state index contributed by atoms with van der Waals surface area (Å²) in [6, 6.07) is -1.67. The number of nitrogens with one attached hydrogen (secondary N) is 1. The molecule has 2 aliphatic carbocycles. The van der Waals surface area contributed by atoms with Crippen molar-refractivity contribution in [2.45, 2.75) is 84.9 Å². The highest BCUT2D eigenvalue weighted by molar-refractivity contribution is 5.90. The first kappa shape index (κ1) is 20.9. The topological polar surface area (TPSA) is 95.9 Å². The predicted molar refractivity (Wildman–Crippen MR) is 104 cm³/mol. The number of carboxylic acids is 1. The number of carbonyl (C=O) groups is 3. The molecule has 0 unspecified atom stereocenters. The first-order chi connectivity index (χ1) is 12.7. The van der Waals surface area contributed by atoms with Crippen molar-refractivity contribution in [1.82, 2.24) is 10.2 Å². The van der Waals surface area contributed by atoms with Crippen LogP contribution in [0.5, 0.6) is 0 Å². The lowest BCUT2D eigenvalue weighted by Gasteiger charge is -2.35. The summed E-state index contributed by atoms with van der Waals surface area (Å²) in [6.07, 6.45) is 3.33. The highest BCUT2D eigenvalue weighted by atomic mass is 16.6. The lowest BCUT2D eigenvalue weighted by molar-refractivity contribution is -0.150. The molecule has 1 aliphatic heterocycles. The van der Waals surface area contributed by atoms with Gasteiger partial charge in [0, 0.05) is 6.54 Å². The maximum absolute atomic E-state index is 13.4. The Morgan fingerprint density at radius 3 is 2.18 bits per heavy atom. The number of hydrogen-bond acceptors (Lipinski definition) is 4. The number of likely N-dealkylation sites (tertiary alicyclic amines) is 1. The van der Waals surface area contributed by atoms with Gasteiger partial charge in [0.15, 0.2) is 0 Å². The van der Waals surface area contributed by atoms with Gasteiger partial charge in [-0.2, -0.15) is 0 Å². The summed E-state index contributed by atoms with van der Waals surface area (Å²) in [5.74, 6) is -0.0254. The van der Waals surface area contributed by atoms with Crippen LogP contribution in [-0.4, -0.2) is 52.2 Å². The summed E-state index contributed by atoms with van der Waals surface area (Å²) in [4.78, 5) is 39.1. The number of rotatable bonds is 4. The van der Waals surface area contributed by atoms with E-state index < -0.39 is 35.2 Å². The molecular weight excluding hydrogens is 360 g/mol. The number of alkyl carbamates (subject to hydrolysis) is 1. The van der Waals surface area contributed by atoms with E-state index in [-0.39, 0.29) is 11.3 Å². The minimum atomic E-state index is -0.961. The van der Waals surface area contributed by atoms with Gasteiger partial charge in [0.25, 0.3) is 0 Å². The fraction of sp³-hybridized carbons (Fsp3) is 0.857. The maximum atomic E-state index is 13.4. The summed E-state index contributed by atoms with van der Waals surface area (Å²) in [5.41, 5.74) is -1.29. The van der Waals surface area contributed by atoms with Gasteiger partial charge in [0.1, 0.15) is 17.7 Å². The minimum Gasteiger partial charge on any atom is -0.480 e. The highest BCUT2D eigenvalue weighted by Crippen LogP contribution is 2.67. The molecule has 0 aromatic carbocycles. The van der Waals surface area contributed by atoms with Gasteiger partial charge in [-0.25, -0.2) is 9.59 Å². The van der Waals surface area contributed by atoms with Crippen molar-refractivity contribution in [2.24, 2.45) is 22.7 Å². The molecule has 2 amide bonds. The Bertz CT molecular complexity index is 673. The molecule has 4 atom stereocenters. The van der Waals surface area contributed by atoms with E-state index in [0.717, 1.165) is 6.42 Å². The van der Waals surface area contributed by atoms with E-state index in [1.54, 1.807) is 20.8 Å². The van der Waals surface area contributed by atoms with Gasteiger partial charge in [0.05, 0.1) is 0 Å². The van der Waals surface area contributed by atoms with E-state index in [9.17, 15) is 19.5 Å². The molecule has 1 spiro atoms. The summed E-state index contributed by atoms with van der Waals surface area (Å²) in [6.45, 7) is 11.3. The first-order valence-corrected chi connectivity index (χ1v) is 10.3. The van der Waals surface area contributed by atoms with Crippen LogP contribution >= 0.6 is 0 Å². The van der Waals surface area contributed by atoms with E-state index in [0.29, 0.717) is 24.8 Å². The molecule has 3 aliphatic rings. The minimum absolute atomic E-state index is 0.0335. The predicted octanol–water partition coefficient (Wildman–Crippen LogP) is 3.03. The smallest absolute Gasteiger partial charge is 0.408 e. The van der Waals surface area contributed by atoms with Crippen LogP contribution in [0.3, 0.4) is 0 Å². The molecule has 28 heavy (non-hydrogen) atoms. The van der Waals surface area contributed by atoms with E-state index in [1.807, 2.05) is 20.8 Å². The molecule has 2 N–H and O–H groups in total. The average molecular weight is 395 g/mol. The number of aliphatic carboxylic acids is 1. The van der Waals surface area contributed by atoms with Crippen molar-refractivity contribution in [1.29, 1.82) is 0 Å². The molecule has 7 nitrogen and oxygen atoms in total. The van der Waals surface area contributed by atoms with Crippen LogP contribution in [0, 0.1) is 22.7 Å². The fourth-order valence-electron chi connectivity index (χ4n) is 4.66. The molecule has 1 saturated heterocycles. The van der Waals surface area contributed by atoms with Gasteiger partial charge in [-0.3, -0.25) is 4.79 Å². The van der Waals surface area contributed by atoms with Crippen molar-refractivity contribution in [2.75, 3.05) is 6.54 Å². The molecule has 0 bridgehead atoms. The summed E-state index contributed by atoms with van der Waals surface area (Å²) < 4.78 is 5.32. The number of amides is 2. The standard InChI is InChI=1S/C21H34N2O5/c1-19(2,3)15(22-18(27)28-20(4,5)6)16(24)23-11-21(10-14(23)17(25)26)9-13(21)12-7-8-12/h12-15H,7-11H2,1-6H3,(H,22,27)(H,25,26)/t13-,14+,15-,21-/m1/s1. The normalized spacial score (nSPS) is 30.9. The van der Waals surface area contributed by atoms with Gasteiger partial charge in [-0.1, -0.05) is 20.8 Å². The molecule has 7 heteroatoms. The zero-order chi connectivity index (χ0) is 21.1. The zero-order valence-electron chi connectivity index (χ0n) is 17.9. The first-order valence-electron chi connectivity index (χ1n) is 10.3. The Morgan fingerprint density at radius 2 is 1.71 bits per heavy atom. The fourth-order valence-corrected chi connectivity index (χ4v) is 4.66. The third-order valence-electron chi connectivity index (χ3n) is 6.25. The van der Waals surface area contributed by atoms with E-state index in [1.165, 1.54) is 17.7 Å². The van der Waals surface area contributed by atoms with Crippen LogP contribution in [0.15, 0.2) is 0 Å². The van der Waals surface area contributed by atoms with Crippen molar-refractivity contribution in [3.63, 3.8) is 0 Å². The van der Waals surface area contributed by atoms with Gasteiger partial charge < -0.3 is 20.1 Å². The third-order valence-corrected chi connectivity index (χ3v) is 6.25. The second-order valence-electron chi connectivity index (χ2n) is 11.0. The van der Waals surface area contributed by atoms with E-state index in [2.05, 4.69) is 5.32 Å². The second kappa shape index (κ2) is 6.63. The van der Waals surface area contributed by atoms with Crippen molar-refractivity contribution in [3.05, 3.63) is 0 Å². The SMILES string of the molecule is CC(C)(C)OC(=O)N[C@H](C(=O)N1C[C@@]2(C[C@@H]2C2CC2)C[C@H]1C(=O)O)C(C)(C)C. The summed E-state index contributed by atoms with van der Waals surface area (Å²) in [7, 11) is 0. The number of carbonyl (C=O) groups excluding carboxylic acids is 2. The monoisotopic (exact) mass is 394 g/mol. The van der Waals surface area contributed by atoms with Crippen molar-refractivity contribution in [3.8, 4) is 0 Å². The number of hydrogen-bond donors (Lipinski definition) is 2. The van der Waals surface area contributed by atoms with Gasteiger partial charge in [0.2, 0.25) is 5.91 Å². The van der Waals surface area contributed by atoms with E-state index in [4.69, 9.17) is 4.74 Å². The Hall–Kier alpha value is -1.79. The molecular formula is C21H34N2O5. The molecule has 0 radical (unpaired) electrons. The third kappa shape index (κ3) is 4.28. The number of nitrogens with zero attached hydrogens (tertiary/aromatic N) is 1. The van der Waals surface area contributed by atoms with Crippen LogP contribution < -0.4 is 5.32 Å². The zero-order valence-corrected chi connectivity index (χ0v) is 17.9. The number of ether oxygens (including phenoxy) is 1. The average Bonchev–Trinajstić information content (AvgIpc) is 3.38. The number of carboxylic acid groups (broad SMARTS) is 1. The van der Waals surface area contributed by atoms with Gasteiger partial charge in [-0.05, 0) is 69.1 Å². The lowest BCUT2D eigenvalue weighted by atomic mass is 9.85. The van der Waals surface area contributed by atoms with Crippen molar-refractivity contribution < 1.29 is 24.2 Å². The lowest BCUT2D eigenvalue weighted by Crippen LogP contribution is -2.57. The van der Waals surface area contributed by atoms with Crippen LogP contribution in [-0.2, 0) is 14.3 Å². The van der Waals surface area contributed by atoms with Crippen LogP contribution in [0.4, 0.5) is 4.79 Å². The molecule has 2 saturated carbocycles. The van der Waals surface area contributed by atoms with Crippen LogP contribution in [0.25, 0.3) is 0 Å². The van der Waals surface area contributed by atoms with Gasteiger partial charge in [-0.15, -0.1) is 0 Å². The Labute approximate surface area is 167 Å². The Balaban J connectivity index is 1.77. The van der Waals surface area contributed by atoms with Gasteiger partial charge >= 0.3 is 12.1 Å². The van der Waals surface area contributed by atoms with E-state index >= 15 is 0 Å². The molecule has 3 fully saturated rings. The maximum Gasteiger partial charge on any atom is 0.408 e. The Kier molecular flexibility index (Phi) is 4.96. The second-order valence-corrected chi connectivity index (χ2v) is 11.0. The molecule has 158 valence electrons. The summed E-state index contributed by atoms with van der Waals surface area (Å²) in [5, 5.41) is 12.4. The largest absolute Gasteiger partial charge is 0.480 e. The highest BCUT2D eigenvalue weighted by Gasteiger charge is 2.66.